The summed E-state index contributed by atoms with van der Waals surface area (Å²) in [5.41, 5.74) is 5.00. The van der Waals surface area contributed by atoms with Gasteiger partial charge in [-0.1, -0.05) is 41.6 Å². The number of nitrogens with one attached hydrogen (secondary N) is 1. The van der Waals surface area contributed by atoms with Gasteiger partial charge in [0.15, 0.2) is 0 Å². The SMILES string of the molecule is Cc1ccc(NC(=O)N2CCCCC2)cc1C1CCN(Cc2ccc(Sc3ccc(Cl)cc3)cc2)CC1. The van der Waals surface area contributed by atoms with Crippen LogP contribution in [0.4, 0.5) is 10.5 Å². The summed E-state index contributed by atoms with van der Waals surface area (Å²) in [7, 11) is 0. The first-order chi connectivity index (χ1) is 18.0. The van der Waals surface area contributed by atoms with Crippen LogP contribution in [0.2, 0.25) is 5.02 Å². The predicted molar refractivity (Wildman–Crippen MR) is 155 cm³/mol. The summed E-state index contributed by atoms with van der Waals surface area (Å²) in [6.45, 7) is 7.11. The molecule has 1 N–H and O–H groups in total. The van der Waals surface area contributed by atoms with Gasteiger partial charge in [0.1, 0.15) is 0 Å². The Morgan fingerprint density at radius 1 is 0.892 bits per heavy atom. The minimum atomic E-state index is 0.0434. The summed E-state index contributed by atoms with van der Waals surface area (Å²) < 4.78 is 0. The van der Waals surface area contributed by atoms with Crippen molar-refractivity contribution in [2.45, 2.75) is 61.3 Å². The highest BCUT2D eigenvalue weighted by atomic mass is 35.5. The van der Waals surface area contributed by atoms with Crippen molar-refractivity contribution in [1.82, 2.24) is 9.80 Å². The molecule has 0 atom stereocenters. The zero-order valence-electron chi connectivity index (χ0n) is 21.6. The molecule has 5 rings (SSSR count). The largest absolute Gasteiger partial charge is 0.325 e. The van der Waals surface area contributed by atoms with Crippen molar-refractivity contribution in [3.63, 3.8) is 0 Å². The van der Waals surface area contributed by atoms with Crippen LogP contribution in [0, 0.1) is 6.92 Å². The van der Waals surface area contributed by atoms with Crippen LogP contribution in [-0.2, 0) is 6.54 Å². The van der Waals surface area contributed by atoms with Gasteiger partial charge in [-0.05, 0) is 123 Å². The molecule has 0 radical (unpaired) electrons. The maximum Gasteiger partial charge on any atom is 0.321 e. The van der Waals surface area contributed by atoms with E-state index in [4.69, 9.17) is 11.6 Å². The summed E-state index contributed by atoms with van der Waals surface area (Å²) in [6.07, 6.45) is 5.74. The van der Waals surface area contributed by atoms with E-state index < -0.39 is 0 Å². The molecule has 2 saturated heterocycles. The molecule has 2 heterocycles. The van der Waals surface area contributed by atoms with Gasteiger partial charge in [0.2, 0.25) is 0 Å². The normalized spacial score (nSPS) is 17.1. The third-order valence-electron chi connectivity index (χ3n) is 7.58. The molecule has 0 aliphatic carbocycles. The summed E-state index contributed by atoms with van der Waals surface area (Å²) in [6, 6.07) is 23.4. The van der Waals surface area contributed by atoms with Crippen LogP contribution in [0.1, 0.15) is 54.7 Å². The number of nitrogens with zero attached hydrogens (tertiary/aromatic N) is 2. The van der Waals surface area contributed by atoms with E-state index in [-0.39, 0.29) is 6.03 Å². The Morgan fingerprint density at radius 2 is 1.54 bits per heavy atom. The van der Waals surface area contributed by atoms with E-state index in [1.807, 2.05) is 23.1 Å². The Labute approximate surface area is 230 Å². The fraction of sp³-hybridized carbons (Fsp3) is 0.387. The molecule has 2 aliphatic heterocycles. The molecule has 0 saturated carbocycles. The Kier molecular flexibility index (Phi) is 8.75. The number of piperidine rings is 2. The smallest absolute Gasteiger partial charge is 0.321 e. The summed E-state index contributed by atoms with van der Waals surface area (Å²) in [5.74, 6) is 0.543. The fourth-order valence-corrected chi connectivity index (χ4v) is 6.36. The van der Waals surface area contributed by atoms with Gasteiger partial charge in [-0.2, -0.15) is 0 Å². The average Bonchev–Trinajstić information content (AvgIpc) is 2.93. The molecule has 4 nitrogen and oxygen atoms in total. The third-order valence-corrected chi connectivity index (χ3v) is 8.85. The van der Waals surface area contributed by atoms with Crippen molar-refractivity contribution in [1.29, 1.82) is 0 Å². The van der Waals surface area contributed by atoms with Crippen molar-refractivity contribution < 1.29 is 4.79 Å². The number of halogens is 1. The van der Waals surface area contributed by atoms with Crippen LogP contribution in [0.3, 0.4) is 0 Å². The molecule has 0 aromatic heterocycles. The highest BCUT2D eigenvalue weighted by Crippen LogP contribution is 2.33. The lowest BCUT2D eigenvalue weighted by Gasteiger charge is -2.33. The molecule has 2 fully saturated rings. The number of benzene rings is 3. The van der Waals surface area contributed by atoms with Gasteiger partial charge in [0.05, 0.1) is 0 Å². The fourth-order valence-electron chi connectivity index (χ4n) is 5.42. The Morgan fingerprint density at radius 3 is 2.22 bits per heavy atom. The van der Waals surface area contributed by atoms with Crippen LogP contribution < -0.4 is 5.32 Å². The zero-order chi connectivity index (χ0) is 25.6. The molecule has 0 bridgehead atoms. The van der Waals surface area contributed by atoms with Crippen LogP contribution in [0.15, 0.2) is 76.5 Å². The topological polar surface area (TPSA) is 35.6 Å². The van der Waals surface area contributed by atoms with Gasteiger partial charge in [-0.3, -0.25) is 4.90 Å². The molecule has 2 amide bonds. The number of likely N-dealkylation sites (tertiary alicyclic amines) is 2. The number of carbonyl (C=O) groups excluding carboxylic acids is 1. The van der Waals surface area contributed by atoms with E-state index in [0.717, 1.165) is 69.1 Å². The molecule has 194 valence electrons. The third kappa shape index (κ3) is 7.10. The Balaban J connectivity index is 1.13. The molecule has 0 unspecified atom stereocenters. The second-order valence-electron chi connectivity index (χ2n) is 10.3. The molecule has 37 heavy (non-hydrogen) atoms. The number of urea groups is 1. The average molecular weight is 534 g/mol. The second-order valence-corrected chi connectivity index (χ2v) is 11.9. The van der Waals surface area contributed by atoms with Crippen molar-refractivity contribution in [3.05, 3.63) is 88.4 Å². The Bertz CT molecular complexity index is 1180. The van der Waals surface area contributed by atoms with Gasteiger partial charge in [-0.25, -0.2) is 4.79 Å². The van der Waals surface area contributed by atoms with Crippen molar-refractivity contribution in [3.8, 4) is 0 Å². The van der Waals surface area contributed by atoms with Crippen LogP contribution in [-0.4, -0.2) is 42.0 Å². The zero-order valence-corrected chi connectivity index (χ0v) is 23.2. The first-order valence-electron chi connectivity index (χ1n) is 13.4. The van der Waals surface area contributed by atoms with E-state index in [2.05, 4.69) is 65.7 Å². The quantitative estimate of drug-likeness (QED) is 0.347. The number of hydrogen-bond acceptors (Lipinski definition) is 3. The van der Waals surface area contributed by atoms with E-state index in [1.165, 1.54) is 32.9 Å². The van der Waals surface area contributed by atoms with E-state index in [1.54, 1.807) is 11.8 Å². The minimum Gasteiger partial charge on any atom is -0.325 e. The lowest BCUT2D eigenvalue weighted by molar-refractivity contribution is 0.200. The lowest BCUT2D eigenvalue weighted by Crippen LogP contribution is -2.38. The number of rotatable bonds is 6. The summed E-state index contributed by atoms with van der Waals surface area (Å²) in [4.78, 5) is 19.6. The maximum absolute atomic E-state index is 12.7. The molecular formula is C31H36ClN3OS. The number of carbonyl (C=O) groups is 1. The molecule has 3 aromatic carbocycles. The van der Waals surface area contributed by atoms with Gasteiger partial charge in [-0.15, -0.1) is 0 Å². The highest BCUT2D eigenvalue weighted by molar-refractivity contribution is 7.99. The molecule has 0 spiro atoms. The van der Waals surface area contributed by atoms with Gasteiger partial charge in [0.25, 0.3) is 0 Å². The number of amides is 2. The van der Waals surface area contributed by atoms with Crippen LogP contribution in [0.25, 0.3) is 0 Å². The number of aryl methyl sites for hydroxylation is 1. The van der Waals surface area contributed by atoms with Crippen molar-refractivity contribution in [2.24, 2.45) is 0 Å². The van der Waals surface area contributed by atoms with Gasteiger partial charge < -0.3 is 10.2 Å². The number of anilines is 1. The van der Waals surface area contributed by atoms with Gasteiger partial charge in [0, 0.05) is 40.1 Å². The summed E-state index contributed by atoms with van der Waals surface area (Å²) >= 11 is 7.76. The monoisotopic (exact) mass is 533 g/mol. The van der Waals surface area contributed by atoms with Crippen LogP contribution in [0.5, 0.6) is 0 Å². The molecule has 3 aromatic rings. The highest BCUT2D eigenvalue weighted by Gasteiger charge is 2.23. The standard InChI is InChI=1S/C31H36ClN3OS/c1-23-5-10-27(33-31(36)35-17-3-2-4-18-35)21-30(23)25-15-19-34(20-16-25)22-24-6-11-28(12-7-24)37-29-13-8-26(32)9-14-29/h5-14,21,25H,2-4,15-20,22H2,1H3,(H,33,36). The van der Waals surface area contributed by atoms with Crippen LogP contribution >= 0.6 is 23.4 Å². The molecular weight excluding hydrogens is 498 g/mol. The van der Waals surface area contributed by atoms with Gasteiger partial charge >= 0.3 is 6.03 Å². The predicted octanol–water partition coefficient (Wildman–Crippen LogP) is 8.20. The van der Waals surface area contributed by atoms with Crippen molar-refractivity contribution >= 4 is 35.1 Å². The lowest BCUT2D eigenvalue weighted by atomic mass is 9.86. The van der Waals surface area contributed by atoms with E-state index in [0.29, 0.717) is 5.92 Å². The first kappa shape index (κ1) is 26.1. The maximum atomic E-state index is 12.7. The molecule has 6 heteroatoms. The number of hydrogen-bond donors (Lipinski definition) is 1. The van der Waals surface area contributed by atoms with Crippen molar-refractivity contribution in [2.75, 3.05) is 31.5 Å². The minimum absolute atomic E-state index is 0.0434. The first-order valence-corrected chi connectivity index (χ1v) is 14.6. The summed E-state index contributed by atoms with van der Waals surface area (Å²) in [5, 5.41) is 3.92. The van der Waals surface area contributed by atoms with E-state index >= 15 is 0 Å². The second kappa shape index (κ2) is 12.4. The Hall–Kier alpha value is -2.47. The molecule has 2 aliphatic rings. The van der Waals surface area contributed by atoms with E-state index in [9.17, 15) is 4.79 Å².